The first-order valence-electron chi connectivity index (χ1n) is 16.6. The second-order valence-corrected chi connectivity index (χ2v) is 12.1. The summed E-state index contributed by atoms with van der Waals surface area (Å²) in [4.78, 5) is 32.5. The Bertz CT molecular complexity index is 1270. The summed E-state index contributed by atoms with van der Waals surface area (Å²) in [5.74, 6) is -1.14. The van der Waals surface area contributed by atoms with Gasteiger partial charge in [-0.15, -0.1) is 0 Å². The van der Waals surface area contributed by atoms with E-state index < -0.39 is 22.8 Å². The monoisotopic (exact) mass is 659 g/mol. The lowest BCUT2D eigenvalue weighted by atomic mass is 10.2. The summed E-state index contributed by atoms with van der Waals surface area (Å²) in [5.41, 5.74) is 6.67. The van der Waals surface area contributed by atoms with Crippen molar-refractivity contribution in [3.8, 4) is 5.88 Å². The zero-order valence-corrected chi connectivity index (χ0v) is 30.0. The number of aromatic nitrogens is 3. The molecule has 3 rings (SSSR count). The number of nitrogens with one attached hydrogen (secondary N) is 1. The van der Waals surface area contributed by atoms with Crippen LogP contribution in [0.2, 0.25) is 0 Å². The number of hydrogen-bond acceptors (Lipinski definition) is 7. The van der Waals surface area contributed by atoms with E-state index in [1.807, 2.05) is 37.2 Å². The van der Waals surface area contributed by atoms with Gasteiger partial charge in [0.25, 0.3) is 11.8 Å². The van der Waals surface area contributed by atoms with Gasteiger partial charge in [0.15, 0.2) is 5.69 Å². The average Bonchev–Trinajstić information content (AvgIpc) is 3.41. The van der Waals surface area contributed by atoms with Gasteiger partial charge in [-0.1, -0.05) is 85.1 Å². The normalized spacial score (nSPS) is 14.1. The molecule has 1 unspecified atom stereocenters. The quantitative estimate of drug-likeness (QED) is 0.177. The minimum absolute atomic E-state index is 0.00287. The molecule has 258 valence electrons. The number of ether oxygens (including phenoxy) is 1. The van der Waals surface area contributed by atoms with Crippen molar-refractivity contribution in [2.75, 3.05) is 44.6 Å². The molecule has 0 radical (unpaired) electrons. The van der Waals surface area contributed by atoms with Crippen molar-refractivity contribution in [3.05, 3.63) is 54.0 Å². The Balaban J connectivity index is 0.000000825. The Labute approximate surface area is 279 Å². The van der Waals surface area contributed by atoms with E-state index in [1.165, 1.54) is 31.9 Å². The van der Waals surface area contributed by atoms with E-state index >= 15 is 0 Å². The lowest BCUT2D eigenvalue weighted by Gasteiger charge is -2.32. The summed E-state index contributed by atoms with van der Waals surface area (Å²) >= 11 is 0. The number of likely N-dealkylation sites (N-methyl/N-ethyl adjacent to an activating group) is 1. The third-order valence-corrected chi connectivity index (χ3v) is 8.61. The molecule has 0 spiro atoms. The number of allylic oxidation sites excluding steroid dienone is 3. The smallest absolute Gasteiger partial charge is 0.271 e. The van der Waals surface area contributed by atoms with Gasteiger partial charge in [-0.2, -0.15) is 5.10 Å². The SMILES string of the molecule is C=C/C=C\C.CCCCCC.CCCn1nc(C(N)=O)c(NC(=O)c2cc(S(=O)N3CCN(CC)CC3)cnc2OCC)c1CC. The van der Waals surface area contributed by atoms with Crippen molar-refractivity contribution >= 4 is 28.5 Å². The fourth-order valence-corrected chi connectivity index (χ4v) is 5.83. The van der Waals surface area contributed by atoms with Crippen molar-refractivity contribution in [2.24, 2.45) is 5.73 Å². The molecule has 1 aliphatic rings. The fraction of sp³-hybridized carbons (Fsp3) is 0.588. The van der Waals surface area contributed by atoms with Crippen LogP contribution in [0.15, 0.2) is 42.0 Å². The van der Waals surface area contributed by atoms with Crippen LogP contribution in [0.5, 0.6) is 5.88 Å². The number of hydrogen-bond donors (Lipinski definition) is 2. The van der Waals surface area contributed by atoms with Gasteiger partial charge in [0.2, 0.25) is 5.88 Å². The van der Waals surface area contributed by atoms with E-state index in [0.29, 0.717) is 43.3 Å². The molecule has 2 aromatic heterocycles. The van der Waals surface area contributed by atoms with Crippen LogP contribution in [-0.2, 0) is 24.0 Å². The highest BCUT2D eigenvalue weighted by Crippen LogP contribution is 2.26. The van der Waals surface area contributed by atoms with Crippen molar-refractivity contribution < 1.29 is 18.5 Å². The highest BCUT2D eigenvalue weighted by molar-refractivity contribution is 7.82. The molecule has 1 fully saturated rings. The summed E-state index contributed by atoms with van der Waals surface area (Å²) in [6.07, 6.45) is 13.9. The minimum Gasteiger partial charge on any atom is -0.477 e. The molecule has 1 aliphatic heterocycles. The number of pyridine rings is 1. The number of rotatable bonds is 15. The first-order valence-corrected chi connectivity index (χ1v) is 17.7. The van der Waals surface area contributed by atoms with Crippen LogP contribution >= 0.6 is 0 Å². The first-order chi connectivity index (χ1) is 22.2. The van der Waals surface area contributed by atoms with Crippen LogP contribution in [0, 0.1) is 0 Å². The van der Waals surface area contributed by atoms with Crippen LogP contribution in [0.1, 0.15) is 107 Å². The van der Waals surface area contributed by atoms with Crippen LogP contribution in [-0.4, -0.2) is 79.3 Å². The second kappa shape index (κ2) is 23.0. The summed E-state index contributed by atoms with van der Waals surface area (Å²) < 4.78 is 22.4. The van der Waals surface area contributed by atoms with Crippen LogP contribution in [0.3, 0.4) is 0 Å². The predicted molar refractivity (Wildman–Crippen MR) is 189 cm³/mol. The maximum absolute atomic E-state index is 13.4. The molecule has 0 saturated carbocycles. The Morgan fingerprint density at radius 1 is 1.07 bits per heavy atom. The van der Waals surface area contributed by atoms with Crippen molar-refractivity contribution in [1.29, 1.82) is 0 Å². The van der Waals surface area contributed by atoms with Crippen LogP contribution in [0.25, 0.3) is 0 Å². The molecule has 2 amide bonds. The number of primary amides is 1. The third-order valence-electron chi connectivity index (χ3n) is 7.15. The van der Waals surface area contributed by atoms with E-state index in [4.69, 9.17) is 10.5 Å². The first kappa shape index (κ1) is 40.7. The van der Waals surface area contributed by atoms with E-state index in [0.717, 1.165) is 26.1 Å². The van der Waals surface area contributed by atoms with Crippen molar-refractivity contribution in [1.82, 2.24) is 24.0 Å². The third kappa shape index (κ3) is 12.8. The molecule has 46 heavy (non-hydrogen) atoms. The number of unbranched alkanes of at least 4 members (excludes halogenated alkanes) is 3. The Morgan fingerprint density at radius 3 is 2.17 bits per heavy atom. The molecular formula is C34H57N7O4S. The molecule has 3 N–H and O–H groups in total. The van der Waals surface area contributed by atoms with E-state index in [-0.39, 0.29) is 22.8 Å². The standard InChI is InChI=1S/C23H35N7O4S.C6H14.C5H8/c1-5-9-30-18(6-2)19(20(27-30)21(24)31)26-22(32)17-14-16(15-25-23(17)34-8-4)35(33)29-12-10-28(7-3)11-13-29;1-3-5-6-4-2;1-3-5-4-2/h14-15H,5-13H2,1-4H3,(H2,24,31)(H,26,32);3-6H2,1-2H3;3-5H,1H2,2H3/b;;5-4-. The topological polar surface area (TPSA) is 136 Å². The number of nitrogens with zero attached hydrogens (tertiary/aromatic N) is 5. The molecule has 0 bridgehead atoms. The lowest BCUT2D eigenvalue weighted by Crippen LogP contribution is -2.46. The summed E-state index contributed by atoms with van der Waals surface area (Å²) in [7, 11) is -1.47. The van der Waals surface area contributed by atoms with Crippen LogP contribution < -0.4 is 15.8 Å². The second-order valence-electron chi connectivity index (χ2n) is 10.6. The Morgan fingerprint density at radius 2 is 1.72 bits per heavy atom. The fourth-order valence-electron chi connectivity index (χ4n) is 4.68. The van der Waals surface area contributed by atoms with E-state index in [1.54, 1.807) is 23.7 Å². The van der Waals surface area contributed by atoms with Crippen molar-refractivity contribution in [3.63, 3.8) is 0 Å². The number of amides is 2. The van der Waals surface area contributed by atoms with E-state index in [2.05, 4.69) is 47.6 Å². The number of carbonyl (C=O) groups is 2. The van der Waals surface area contributed by atoms with E-state index in [9.17, 15) is 13.8 Å². The number of carbonyl (C=O) groups excluding carboxylic acids is 2. The largest absolute Gasteiger partial charge is 0.477 e. The predicted octanol–water partition coefficient (Wildman–Crippen LogP) is 6.00. The molecule has 0 aliphatic carbocycles. The van der Waals surface area contributed by atoms with Crippen molar-refractivity contribution in [2.45, 2.75) is 98.4 Å². The molecule has 0 aromatic carbocycles. The molecule has 2 aromatic rings. The van der Waals surface area contributed by atoms with Gasteiger partial charge in [-0.05, 0) is 39.3 Å². The van der Waals surface area contributed by atoms with Gasteiger partial charge in [0, 0.05) is 38.9 Å². The molecule has 11 nitrogen and oxygen atoms in total. The maximum atomic E-state index is 13.4. The minimum atomic E-state index is -1.47. The maximum Gasteiger partial charge on any atom is 0.271 e. The zero-order valence-electron chi connectivity index (χ0n) is 29.1. The highest BCUT2D eigenvalue weighted by Gasteiger charge is 2.27. The Hall–Kier alpha value is -3.35. The van der Waals surface area contributed by atoms with Crippen LogP contribution in [0.4, 0.5) is 5.69 Å². The van der Waals surface area contributed by atoms with Gasteiger partial charge in [0.1, 0.15) is 16.5 Å². The molecule has 1 atom stereocenters. The summed E-state index contributed by atoms with van der Waals surface area (Å²) in [5, 5.41) is 7.12. The molecule has 3 heterocycles. The number of anilines is 1. The number of aryl methyl sites for hydroxylation is 1. The summed E-state index contributed by atoms with van der Waals surface area (Å²) in [6.45, 7) is 22.5. The molecular weight excluding hydrogens is 602 g/mol. The average molecular weight is 660 g/mol. The van der Waals surface area contributed by atoms with Gasteiger partial charge in [-0.25, -0.2) is 13.5 Å². The number of piperazine rings is 1. The Kier molecular flexibility index (Phi) is 20.4. The van der Waals surface area contributed by atoms with Gasteiger partial charge >= 0.3 is 0 Å². The highest BCUT2D eigenvalue weighted by atomic mass is 32.2. The molecule has 1 saturated heterocycles. The summed E-state index contributed by atoms with van der Waals surface area (Å²) in [6, 6.07) is 1.54. The lowest BCUT2D eigenvalue weighted by molar-refractivity contribution is 0.0995. The zero-order chi connectivity index (χ0) is 34.5. The van der Waals surface area contributed by atoms with Gasteiger partial charge < -0.3 is 20.7 Å². The van der Waals surface area contributed by atoms with Gasteiger partial charge in [-0.3, -0.25) is 14.3 Å². The number of nitrogens with two attached hydrogens (primary N) is 1. The molecule has 12 heteroatoms. The van der Waals surface area contributed by atoms with Gasteiger partial charge in [0.05, 0.1) is 22.9 Å².